The summed E-state index contributed by atoms with van der Waals surface area (Å²) in [6, 6.07) is 1.72. The number of pyridine rings is 1. The van der Waals surface area contributed by atoms with Gasteiger partial charge in [-0.05, 0) is 18.9 Å². The van der Waals surface area contributed by atoms with Crippen LogP contribution in [0.2, 0.25) is 0 Å². The first-order valence-corrected chi connectivity index (χ1v) is 5.03. The average Bonchev–Trinajstić information content (AvgIpc) is 2.42. The molecule has 5 heteroatoms. The molecule has 0 radical (unpaired) electrons. The van der Waals surface area contributed by atoms with Crippen LogP contribution in [0.5, 0.6) is 0 Å². The molecule has 1 aliphatic carbocycles. The highest BCUT2D eigenvalue weighted by Crippen LogP contribution is 2.38. The zero-order valence-electron chi connectivity index (χ0n) is 8.12. The standard InChI is InChI=1S/C10H11N3O2/c11-6-4-7-9(15-10(14)12-7)13-8(6)5-2-1-3-5/h4-5H,1-3,11H2,(H,12,14). The molecule has 2 aromatic heterocycles. The number of hydrogen-bond donors (Lipinski definition) is 2. The van der Waals surface area contributed by atoms with Gasteiger partial charge in [0.05, 0.1) is 11.4 Å². The van der Waals surface area contributed by atoms with Gasteiger partial charge in [0.1, 0.15) is 5.52 Å². The van der Waals surface area contributed by atoms with Crippen molar-refractivity contribution < 1.29 is 4.42 Å². The van der Waals surface area contributed by atoms with Crippen LogP contribution in [-0.4, -0.2) is 9.97 Å². The summed E-state index contributed by atoms with van der Waals surface area (Å²) in [4.78, 5) is 17.8. The lowest BCUT2D eigenvalue weighted by Gasteiger charge is -2.25. The minimum absolute atomic E-state index is 0.357. The molecule has 1 aliphatic rings. The molecule has 0 bridgehead atoms. The van der Waals surface area contributed by atoms with Crippen molar-refractivity contribution in [1.82, 2.24) is 9.97 Å². The number of nitrogen functional groups attached to an aromatic ring is 1. The quantitative estimate of drug-likeness (QED) is 0.736. The third kappa shape index (κ3) is 1.23. The third-order valence-electron chi connectivity index (χ3n) is 2.97. The molecule has 0 amide bonds. The van der Waals surface area contributed by atoms with E-state index in [1.807, 2.05) is 0 Å². The number of rotatable bonds is 1. The predicted molar refractivity (Wildman–Crippen MR) is 55.6 cm³/mol. The Morgan fingerprint density at radius 2 is 2.33 bits per heavy atom. The van der Waals surface area contributed by atoms with E-state index in [0.717, 1.165) is 18.5 Å². The molecule has 0 aromatic carbocycles. The first-order valence-electron chi connectivity index (χ1n) is 5.03. The van der Waals surface area contributed by atoms with Gasteiger partial charge >= 0.3 is 5.76 Å². The maximum atomic E-state index is 11.0. The fraction of sp³-hybridized carbons (Fsp3) is 0.400. The van der Waals surface area contributed by atoms with Crippen LogP contribution in [0.3, 0.4) is 0 Å². The van der Waals surface area contributed by atoms with Gasteiger partial charge in [0.2, 0.25) is 5.71 Å². The molecule has 3 N–H and O–H groups in total. The minimum Gasteiger partial charge on any atom is -0.397 e. The number of hydrogen-bond acceptors (Lipinski definition) is 4. The Labute approximate surface area is 85.3 Å². The highest BCUT2D eigenvalue weighted by molar-refractivity contribution is 5.73. The number of aromatic amines is 1. The van der Waals surface area contributed by atoms with Gasteiger partial charge < -0.3 is 10.2 Å². The summed E-state index contributed by atoms with van der Waals surface area (Å²) in [5.41, 5.74) is 8.32. The van der Waals surface area contributed by atoms with Crippen LogP contribution in [0.25, 0.3) is 11.2 Å². The van der Waals surface area contributed by atoms with E-state index in [4.69, 9.17) is 10.2 Å². The van der Waals surface area contributed by atoms with Gasteiger partial charge in [0.25, 0.3) is 0 Å². The highest BCUT2D eigenvalue weighted by atomic mass is 16.4. The Bertz CT molecular complexity index is 566. The van der Waals surface area contributed by atoms with E-state index in [-0.39, 0.29) is 0 Å². The number of oxazole rings is 1. The number of nitrogens with two attached hydrogens (primary N) is 1. The van der Waals surface area contributed by atoms with Gasteiger partial charge in [0, 0.05) is 5.92 Å². The van der Waals surface area contributed by atoms with Gasteiger partial charge in [-0.1, -0.05) is 6.42 Å². The number of fused-ring (bicyclic) bond motifs is 1. The van der Waals surface area contributed by atoms with Crippen LogP contribution in [0.4, 0.5) is 5.69 Å². The lowest BCUT2D eigenvalue weighted by Crippen LogP contribution is -2.12. The third-order valence-corrected chi connectivity index (χ3v) is 2.97. The summed E-state index contributed by atoms with van der Waals surface area (Å²) in [7, 11) is 0. The molecule has 2 heterocycles. The van der Waals surface area contributed by atoms with Crippen molar-refractivity contribution in [3.05, 3.63) is 22.3 Å². The Morgan fingerprint density at radius 1 is 1.53 bits per heavy atom. The second-order valence-corrected chi connectivity index (χ2v) is 3.96. The normalized spacial score (nSPS) is 16.8. The largest absolute Gasteiger partial charge is 0.418 e. The van der Waals surface area contributed by atoms with Crippen LogP contribution in [0.15, 0.2) is 15.3 Å². The van der Waals surface area contributed by atoms with Crippen molar-refractivity contribution in [1.29, 1.82) is 0 Å². The minimum atomic E-state index is -0.484. The van der Waals surface area contributed by atoms with Gasteiger partial charge in [-0.3, -0.25) is 4.98 Å². The first-order chi connectivity index (χ1) is 7.24. The molecular formula is C10H11N3O2. The van der Waals surface area contributed by atoms with E-state index in [9.17, 15) is 4.79 Å². The predicted octanol–water partition coefficient (Wildman–Crippen LogP) is 1.37. The van der Waals surface area contributed by atoms with Crippen LogP contribution in [-0.2, 0) is 0 Å². The van der Waals surface area contributed by atoms with Crippen molar-refractivity contribution in [3.63, 3.8) is 0 Å². The second-order valence-electron chi connectivity index (χ2n) is 3.96. The van der Waals surface area contributed by atoms with E-state index in [0.29, 0.717) is 22.8 Å². The molecule has 0 spiro atoms. The fourth-order valence-corrected chi connectivity index (χ4v) is 1.92. The molecular weight excluding hydrogens is 194 g/mol. The molecule has 2 aromatic rings. The lowest BCUT2D eigenvalue weighted by molar-refractivity contribution is 0.411. The second kappa shape index (κ2) is 2.85. The van der Waals surface area contributed by atoms with E-state index in [1.165, 1.54) is 6.42 Å². The molecule has 1 fully saturated rings. The van der Waals surface area contributed by atoms with Crippen LogP contribution in [0, 0.1) is 0 Å². The molecule has 0 aliphatic heterocycles. The summed E-state index contributed by atoms with van der Waals surface area (Å²) in [5, 5.41) is 0. The molecule has 3 rings (SSSR count). The maximum Gasteiger partial charge on any atom is 0.418 e. The molecule has 5 nitrogen and oxygen atoms in total. The topological polar surface area (TPSA) is 84.9 Å². The Balaban J connectivity index is 2.21. The summed E-state index contributed by atoms with van der Waals surface area (Å²) >= 11 is 0. The maximum absolute atomic E-state index is 11.0. The van der Waals surface area contributed by atoms with Gasteiger partial charge in [-0.15, -0.1) is 0 Å². The van der Waals surface area contributed by atoms with Gasteiger partial charge in [0.15, 0.2) is 0 Å². The van der Waals surface area contributed by atoms with E-state index >= 15 is 0 Å². The summed E-state index contributed by atoms with van der Waals surface area (Å²) in [6.45, 7) is 0. The highest BCUT2D eigenvalue weighted by Gasteiger charge is 2.24. The number of anilines is 1. The van der Waals surface area contributed by atoms with Crippen LogP contribution >= 0.6 is 0 Å². The van der Waals surface area contributed by atoms with Crippen LogP contribution in [0.1, 0.15) is 30.9 Å². The van der Waals surface area contributed by atoms with Crippen LogP contribution < -0.4 is 11.5 Å². The Hall–Kier alpha value is -1.78. The molecule has 15 heavy (non-hydrogen) atoms. The SMILES string of the molecule is Nc1cc2[nH]c(=O)oc2nc1C1CCC1. The Kier molecular flexibility index (Phi) is 1.62. The van der Waals surface area contributed by atoms with Crippen molar-refractivity contribution in [2.45, 2.75) is 25.2 Å². The number of H-pyrrole nitrogens is 1. The van der Waals surface area contributed by atoms with Crippen molar-refractivity contribution in [2.24, 2.45) is 0 Å². The molecule has 0 unspecified atom stereocenters. The zero-order chi connectivity index (χ0) is 10.4. The van der Waals surface area contributed by atoms with E-state index in [2.05, 4.69) is 9.97 Å². The first kappa shape index (κ1) is 8.52. The van der Waals surface area contributed by atoms with Crippen molar-refractivity contribution in [2.75, 3.05) is 5.73 Å². The number of aromatic nitrogens is 2. The monoisotopic (exact) mass is 205 g/mol. The van der Waals surface area contributed by atoms with Gasteiger partial charge in [-0.2, -0.15) is 0 Å². The van der Waals surface area contributed by atoms with E-state index < -0.39 is 5.76 Å². The van der Waals surface area contributed by atoms with Crippen molar-refractivity contribution in [3.8, 4) is 0 Å². The van der Waals surface area contributed by atoms with Gasteiger partial charge in [-0.25, -0.2) is 9.78 Å². The number of nitrogens with zero attached hydrogens (tertiary/aromatic N) is 1. The smallest absolute Gasteiger partial charge is 0.397 e. The Morgan fingerprint density at radius 3 is 3.00 bits per heavy atom. The van der Waals surface area contributed by atoms with Crippen molar-refractivity contribution >= 4 is 16.9 Å². The summed E-state index contributed by atoms with van der Waals surface area (Å²) < 4.78 is 4.90. The summed E-state index contributed by atoms with van der Waals surface area (Å²) in [5.74, 6) is -0.0442. The zero-order valence-corrected chi connectivity index (χ0v) is 8.12. The lowest BCUT2D eigenvalue weighted by atomic mass is 9.82. The average molecular weight is 205 g/mol. The molecule has 1 saturated carbocycles. The van der Waals surface area contributed by atoms with E-state index in [1.54, 1.807) is 6.07 Å². The summed E-state index contributed by atoms with van der Waals surface area (Å²) in [6.07, 6.45) is 3.47. The molecule has 78 valence electrons. The fourth-order valence-electron chi connectivity index (χ4n) is 1.92. The molecule has 0 atom stereocenters. The molecule has 0 saturated heterocycles. The number of nitrogens with one attached hydrogen (secondary N) is 1.